The summed E-state index contributed by atoms with van der Waals surface area (Å²) in [6, 6.07) is 13.6. The molecule has 0 N–H and O–H groups in total. The molecule has 0 aromatic heterocycles. The zero-order chi connectivity index (χ0) is 17.9. The van der Waals surface area contributed by atoms with Crippen LogP contribution in [-0.2, 0) is 14.8 Å². The van der Waals surface area contributed by atoms with Crippen molar-refractivity contribution >= 4 is 21.6 Å². The largest absolute Gasteiger partial charge is 0.273 e. The second-order valence-electron chi connectivity index (χ2n) is 6.36. The molecule has 0 heterocycles. The summed E-state index contributed by atoms with van der Waals surface area (Å²) < 4.78 is 27.2. The van der Waals surface area contributed by atoms with Crippen LogP contribution in [0.15, 0.2) is 53.4 Å². The van der Waals surface area contributed by atoms with Crippen LogP contribution in [0.25, 0.3) is 0 Å². The highest BCUT2D eigenvalue weighted by atomic mass is 32.2. The standard InChI is InChI=1S/C19H23NO3S/c1-14(2)12-19(21)20(18-13-15(3)10-11-16(18)4)24(22,23)17-8-6-5-7-9-17/h5-11,13-14H,12H2,1-4H3. The summed E-state index contributed by atoms with van der Waals surface area (Å²) in [5, 5.41) is 0. The number of hydrogen-bond donors (Lipinski definition) is 0. The SMILES string of the molecule is Cc1ccc(C)c(N(C(=O)CC(C)C)S(=O)(=O)c2ccccc2)c1. The monoisotopic (exact) mass is 345 g/mol. The summed E-state index contributed by atoms with van der Waals surface area (Å²) in [4.78, 5) is 12.9. The molecule has 0 saturated carbocycles. The van der Waals surface area contributed by atoms with Crippen molar-refractivity contribution in [3.63, 3.8) is 0 Å². The average Bonchev–Trinajstić information content (AvgIpc) is 2.51. The molecule has 2 rings (SSSR count). The fraction of sp³-hybridized carbons (Fsp3) is 0.316. The van der Waals surface area contributed by atoms with Crippen LogP contribution >= 0.6 is 0 Å². The first-order valence-corrected chi connectivity index (χ1v) is 9.38. The Bertz CT molecular complexity index is 827. The molecular weight excluding hydrogens is 322 g/mol. The first-order chi connectivity index (χ1) is 11.2. The normalized spacial score (nSPS) is 11.5. The molecule has 24 heavy (non-hydrogen) atoms. The number of aryl methyl sites for hydroxylation is 2. The third-order valence-corrected chi connectivity index (χ3v) is 5.42. The molecule has 2 aromatic carbocycles. The van der Waals surface area contributed by atoms with Gasteiger partial charge in [-0.3, -0.25) is 4.79 Å². The maximum atomic E-state index is 13.1. The highest BCUT2D eigenvalue weighted by molar-refractivity contribution is 7.93. The van der Waals surface area contributed by atoms with Crippen molar-refractivity contribution in [2.75, 3.05) is 4.31 Å². The molecule has 128 valence electrons. The second kappa shape index (κ2) is 7.18. The molecule has 0 bridgehead atoms. The van der Waals surface area contributed by atoms with Gasteiger partial charge in [0.2, 0.25) is 5.91 Å². The van der Waals surface area contributed by atoms with E-state index in [-0.39, 0.29) is 17.2 Å². The van der Waals surface area contributed by atoms with Gasteiger partial charge in [0.05, 0.1) is 10.6 Å². The Labute approximate surface area is 144 Å². The predicted molar refractivity (Wildman–Crippen MR) is 96.5 cm³/mol. The Balaban J connectivity index is 2.64. The van der Waals surface area contributed by atoms with Crippen LogP contribution in [0.3, 0.4) is 0 Å². The molecule has 0 radical (unpaired) electrons. The van der Waals surface area contributed by atoms with Crippen molar-refractivity contribution < 1.29 is 13.2 Å². The van der Waals surface area contributed by atoms with Crippen molar-refractivity contribution in [3.05, 3.63) is 59.7 Å². The third kappa shape index (κ3) is 3.85. The van der Waals surface area contributed by atoms with Gasteiger partial charge < -0.3 is 0 Å². The summed E-state index contributed by atoms with van der Waals surface area (Å²) >= 11 is 0. The van der Waals surface area contributed by atoms with E-state index in [1.54, 1.807) is 24.3 Å². The number of anilines is 1. The maximum Gasteiger partial charge on any atom is 0.270 e. The Morgan fingerprint density at radius 1 is 1.04 bits per heavy atom. The van der Waals surface area contributed by atoms with E-state index < -0.39 is 15.9 Å². The molecule has 0 aliphatic rings. The minimum absolute atomic E-state index is 0.0658. The Morgan fingerprint density at radius 3 is 2.25 bits per heavy atom. The topological polar surface area (TPSA) is 54.5 Å². The van der Waals surface area contributed by atoms with E-state index in [1.807, 2.05) is 39.8 Å². The van der Waals surface area contributed by atoms with Crippen LogP contribution < -0.4 is 4.31 Å². The van der Waals surface area contributed by atoms with Crippen molar-refractivity contribution in [1.29, 1.82) is 0 Å². The highest BCUT2D eigenvalue weighted by Crippen LogP contribution is 2.29. The van der Waals surface area contributed by atoms with E-state index in [4.69, 9.17) is 0 Å². The minimum Gasteiger partial charge on any atom is -0.273 e. The molecule has 0 spiro atoms. The smallest absolute Gasteiger partial charge is 0.270 e. The van der Waals surface area contributed by atoms with Gasteiger partial charge >= 0.3 is 0 Å². The Kier molecular flexibility index (Phi) is 5.44. The zero-order valence-corrected chi connectivity index (χ0v) is 15.3. The third-order valence-electron chi connectivity index (χ3n) is 3.67. The average molecular weight is 345 g/mol. The van der Waals surface area contributed by atoms with Crippen LogP contribution in [0, 0.1) is 19.8 Å². The van der Waals surface area contributed by atoms with Crippen LogP contribution in [-0.4, -0.2) is 14.3 Å². The lowest BCUT2D eigenvalue weighted by atomic mass is 10.1. The van der Waals surface area contributed by atoms with Crippen LogP contribution in [0.2, 0.25) is 0 Å². The molecule has 0 aliphatic carbocycles. The van der Waals surface area contributed by atoms with Gasteiger partial charge in [0.1, 0.15) is 0 Å². The van der Waals surface area contributed by atoms with Crippen molar-refractivity contribution in [1.82, 2.24) is 0 Å². The molecule has 0 aliphatic heterocycles. The number of carbonyl (C=O) groups is 1. The van der Waals surface area contributed by atoms with E-state index in [9.17, 15) is 13.2 Å². The summed E-state index contributed by atoms with van der Waals surface area (Å²) in [6.07, 6.45) is 0.166. The number of benzene rings is 2. The van der Waals surface area contributed by atoms with Crippen molar-refractivity contribution in [2.45, 2.75) is 39.0 Å². The number of hydrogen-bond acceptors (Lipinski definition) is 3. The van der Waals surface area contributed by atoms with E-state index in [0.29, 0.717) is 5.69 Å². The van der Waals surface area contributed by atoms with Gasteiger partial charge in [-0.05, 0) is 49.1 Å². The molecule has 0 unspecified atom stereocenters. The quantitative estimate of drug-likeness (QED) is 0.821. The van der Waals surface area contributed by atoms with Gasteiger partial charge in [-0.15, -0.1) is 0 Å². The summed E-state index contributed by atoms with van der Waals surface area (Å²) in [7, 11) is -3.95. The van der Waals surface area contributed by atoms with Crippen LogP contribution in [0.1, 0.15) is 31.4 Å². The van der Waals surface area contributed by atoms with Crippen LogP contribution in [0.4, 0.5) is 5.69 Å². The maximum absolute atomic E-state index is 13.1. The van der Waals surface area contributed by atoms with Gasteiger partial charge in [0.15, 0.2) is 0 Å². The Hall–Kier alpha value is -2.14. The number of nitrogens with zero attached hydrogens (tertiary/aromatic N) is 1. The molecule has 4 nitrogen and oxygen atoms in total. The predicted octanol–water partition coefficient (Wildman–Crippen LogP) is 4.07. The van der Waals surface area contributed by atoms with Gasteiger partial charge in [0.25, 0.3) is 10.0 Å². The first kappa shape index (κ1) is 18.2. The molecule has 5 heteroatoms. The van der Waals surface area contributed by atoms with Gasteiger partial charge in [-0.25, -0.2) is 12.7 Å². The molecule has 0 saturated heterocycles. The van der Waals surface area contributed by atoms with Gasteiger partial charge in [-0.1, -0.05) is 44.2 Å². The van der Waals surface area contributed by atoms with E-state index in [1.165, 1.54) is 12.1 Å². The summed E-state index contributed by atoms with van der Waals surface area (Å²) in [6.45, 7) is 7.48. The molecule has 2 aromatic rings. The van der Waals surface area contributed by atoms with Crippen molar-refractivity contribution in [2.24, 2.45) is 5.92 Å². The first-order valence-electron chi connectivity index (χ1n) is 7.94. The fourth-order valence-corrected chi connectivity index (χ4v) is 3.98. The summed E-state index contributed by atoms with van der Waals surface area (Å²) in [5.74, 6) is -0.348. The van der Waals surface area contributed by atoms with Crippen molar-refractivity contribution in [3.8, 4) is 0 Å². The lowest BCUT2D eigenvalue weighted by Crippen LogP contribution is -2.38. The number of rotatable bonds is 5. The number of amides is 1. The number of sulfonamides is 1. The van der Waals surface area contributed by atoms with E-state index in [0.717, 1.165) is 15.4 Å². The molecule has 0 fully saturated rings. The number of carbonyl (C=O) groups excluding carboxylic acids is 1. The molecule has 0 atom stereocenters. The van der Waals surface area contributed by atoms with Crippen LogP contribution in [0.5, 0.6) is 0 Å². The molecule has 1 amide bonds. The lowest BCUT2D eigenvalue weighted by molar-refractivity contribution is -0.118. The fourth-order valence-electron chi connectivity index (χ4n) is 2.47. The molecular formula is C19H23NO3S. The van der Waals surface area contributed by atoms with E-state index >= 15 is 0 Å². The van der Waals surface area contributed by atoms with Gasteiger partial charge in [-0.2, -0.15) is 0 Å². The lowest BCUT2D eigenvalue weighted by Gasteiger charge is -2.25. The van der Waals surface area contributed by atoms with E-state index in [2.05, 4.69) is 0 Å². The zero-order valence-electron chi connectivity index (χ0n) is 14.5. The summed E-state index contributed by atoms with van der Waals surface area (Å²) in [5.41, 5.74) is 2.07. The Morgan fingerprint density at radius 2 is 1.67 bits per heavy atom. The minimum atomic E-state index is -3.95. The van der Waals surface area contributed by atoms with Gasteiger partial charge in [0, 0.05) is 6.42 Å². The second-order valence-corrected chi connectivity index (χ2v) is 8.15. The highest BCUT2D eigenvalue weighted by Gasteiger charge is 2.32.